The highest BCUT2D eigenvalue weighted by molar-refractivity contribution is 8.00. The number of primary sulfonamides is 1. The lowest BCUT2D eigenvalue weighted by atomic mass is 10.1. The molecule has 0 heterocycles. The number of hydrogen-bond donors (Lipinski definition) is 3. The predicted octanol–water partition coefficient (Wildman–Crippen LogP) is 5.71. The third kappa shape index (κ3) is 7.21. The van der Waals surface area contributed by atoms with Gasteiger partial charge in [-0.1, -0.05) is 54.1 Å². The van der Waals surface area contributed by atoms with Crippen LogP contribution in [0.15, 0.2) is 113 Å². The predicted molar refractivity (Wildman–Crippen MR) is 147 cm³/mol. The third-order valence-electron chi connectivity index (χ3n) is 5.22. The molecule has 37 heavy (non-hydrogen) atoms. The van der Waals surface area contributed by atoms with Crippen LogP contribution in [0.5, 0.6) is 0 Å². The van der Waals surface area contributed by atoms with Crippen molar-refractivity contribution in [1.29, 1.82) is 0 Å². The molecule has 0 aliphatic carbocycles. The van der Waals surface area contributed by atoms with Crippen LogP contribution in [0.4, 0.5) is 11.4 Å². The van der Waals surface area contributed by atoms with E-state index < -0.39 is 15.3 Å². The van der Waals surface area contributed by atoms with E-state index in [-0.39, 0.29) is 16.7 Å². The molecule has 0 saturated heterocycles. The maximum atomic E-state index is 13.3. The van der Waals surface area contributed by atoms with Gasteiger partial charge in [0.25, 0.3) is 5.91 Å². The summed E-state index contributed by atoms with van der Waals surface area (Å²) < 4.78 is 23.0. The van der Waals surface area contributed by atoms with Crippen molar-refractivity contribution in [2.45, 2.75) is 15.0 Å². The molecule has 0 aromatic heterocycles. The maximum Gasteiger partial charge on any atom is 0.255 e. The van der Waals surface area contributed by atoms with E-state index in [1.807, 2.05) is 36.4 Å². The number of thioether (sulfide) groups is 1. The Morgan fingerprint density at radius 3 is 2.16 bits per heavy atom. The van der Waals surface area contributed by atoms with Gasteiger partial charge >= 0.3 is 0 Å². The zero-order valence-electron chi connectivity index (χ0n) is 19.3. The average molecular weight is 552 g/mol. The number of carbonyl (C=O) groups is 2. The second-order valence-corrected chi connectivity index (χ2v) is 11.1. The molecule has 4 aromatic carbocycles. The Bertz CT molecular complexity index is 1530. The van der Waals surface area contributed by atoms with Gasteiger partial charge in [-0.2, -0.15) is 0 Å². The Hall–Kier alpha value is -3.63. The molecule has 10 heteroatoms. The van der Waals surface area contributed by atoms with E-state index in [0.717, 1.165) is 10.5 Å². The lowest BCUT2D eigenvalue weighted by molar-refractivity contribution is -0.115. The van der Waals surface area contributed by atoms with Gasteiger partial charge in [0.05, 0.1) is 4.90 Å². The smallest absolute Gasteiger partial charge is 0.255 e. The van der Waals surface area contributed by atoms with Crippen molar-refractivity contribution in [3.63, 3.8) is 0 Å². The minimum atomic E-state index is -3.83. The lowest BCUT2D eigenvalue weighted by Crippen LogP contribution is -2.19. The third-order valence-corrected chi connectivity index (χ3v) is 7.64. The molecule has 4 rings (SSSR count). The molecule has 0 bridgehead atoms. The van der Waals surface area contributed by atoms with Gasteiger partial charge in [-0.25, -0.2) is 13.6 Å². The van der Waals surface area contributed by atoms with Gasteiger partial charge < -0.3 is 10.6 Å². The largest absolute Gasteiger partial charge is 0.325 e. The number of sulfonamides is 1. The first-order valence-electron chi connectivity index (χ1n) is 11.0. The van der Waals surface area contributed by atoms with E-state index >= 15 is 0 Å². The molecule has 1 unspecified atom stereocenters. The van der Waals surface area contributed by atoms with E-state index in [0.29, 0.717) is 22.0 Å². The molecule has 4 aromatic rings. The van der Waals surface area contributed by atoms with Gasteiger partial charge in [0, 0.05) is 26.9 Å². The highest BCUT2D eigenvalue weighted by Crippen LogP contribution is 2.37. The molecule has 7 nitrogen and oxygen atoms in total. The fourth-order valence-corrected chi connectivity index (χ4v) is 5.24. The van der Waals surface area contributed by atoms with Crippen LogP contribution >= 0.6 is 23.4 Å². The molecule has 0 aliphatic rings. The second-order valence-electron chi connectivity index (χ2n) is 7.96. The lowest BCUT2D eigenvalue weighted by Gasteiger charge is -2.18. The standard InChI is InChI=1S/C27H22ClN3O4S2/c28-20-9-4-8-19(16-20)26(32)31-22-10-5-11-23(17-22)36-25(18-6-2-1-3-7-18)27(33)30-21-12-14-24(15-13-21)37(29,34)35/h1-17,25H,(H,30,33)(H,31,32)(H2,29,34,35). The summed E-state index contributed by atoms with van der Waals surface area (Å²) in [6.07, 6.45) is 0. The summed E-state index contributed by atoms with van der Waals surface area (Å²) in [6, 6.07) is 28.7. The quantitative estimate of drug-likeness (QED) is 0.242. The van der Waals surface area contributed by atoms with Crippen LogP contribution in [0.1, 0.15) is 21.2 Å². The number of benzene rings is 4. The summed E-state index contributed by atoms with van der Waals surface area (Å²) in [5, 5.41) is 10.7. The van der Waals surface area contributed by atoms with Gasteiger partial charge in [-0.3, -0.25) is 9.59 Å². The van der Waals surface area contributed by atoms with Gasteiger partial charge in [-0.05, 0) is 66.2 Å². The van der Waals surface area contributed by atoms with E-state index in [4.69, 9.17) is 16.7 Å². The molecule has 0 saturated carbocycles. The van der Waals surface area contributed by atoms with Crippen LogP contribution in [-0.4, -0.2) is 20.2 Å². The van der Waals surface area contributed by atoms with Gasteiger partial charge in [-0.15, -0.1) is 11.8 Å². The molecule has 0 aliphatic heterocycles. The van der Waals surface area contributed by atoms with Crippen LogP contribution in [-0.2, 0) is 14.8 Å². The maximum absolute atomic E-state index is 13.3. The van der Waals surface area contributed by atoms with Gasteiger partial charge in [0.1, 0.15) is 5.25 Å². The number of anilines is 2. The summed E-state index contributed by atoms with van der Waals surface area (Å²) in [5.74, 6) is -0.599. The first-order chi connectivity index (χ1) is 17.7. The zero-order valence-corrected chi connectivity index (χ0v) is 21.7. The highest BCUT2D eigenvalue weighted by Gasteiger charge is 2.23. The van der Waals surface area contributed by atoms with E-state index in [1.165, 1.54) is 36.0 Å². The Balaban J connectivity index is 1.53. The van der Waals surface area contributed by atoms with Crippen molar-refractivity contribution >= 4 is 56.6 Å². The van der Waals surface area contributed by atoms with Gasteiger partial charge in [0.15, 0.2) is 0 Å². The molecular weight excluding hydrogens is 530 g/mol. The Morgan fingerprint density at radius 2 is 1.49 bits per heavy atom. The Kier molecular flexibility index (Phi) is 8.30. The summed E-state index contributed by atoms with van der Waals surface area (Å²) in [6.45, 7) is 0. The minimum absolute atomic E-state index is 0.0453. The number of halogens is 1. The normalized spacial score (nSPS) is 11.9. The van der Waals surface area contributed by atoms with Crippen molar-refractivity contribution in [2.24, 2.45) is 5.14 Å². The van der Waals surface area contributed by atoms with E-state index in [9.17, 15) is 18.0 Å². The molecule has 0 radical (unpaired) electrons. The van der Waals surface area contributed by atoms with Crippen LogP contribution in [0.3, 0.4) is 0 Å². The number of nitrogens with one attached hydrogen (secondary N) is 2. The molecule has 2 amide bonds. The van der Waals surface area contributed by atoms with Crippen molar-refractivity contribution in [3.8, 4) is 0 Å². The fraction of sp³-hybridized carbons (Fsp3) is 0.0370. The van der Waals surface area contributed by atoms with Crippen LogP contribution in [0.25, 0.3) is 0 Å². The molecule has 0 spiro atoms. The Morgan fingerprint density at radius 1 is 0.784 bits per heavy atom. The average Bonchev–Trinajstić information content (AvgIpc) is 2.88. The SMILES string of the molecule is NS(=O)(=O)c1ccc(NC(=O)C(Sc2cccc(NC(=O)c3cccc(Cl)c3)c2)c2ccccc2)cc1. The molecule has 1 atom stereocenters. The van der Waals surface area contributed by atoms with Crippen molar-refractivity contribution in [1.82, 2.24) is 0 Å². The highest BCUT2D eigenvalue weighted by atomic mass is 35.5. The van der Waals surface area contributed by atoms with Crippen molar-refractivity contribution < 1.29 is 18.0 Å². The summed E-state index contributed by atoms with van der Waals surface area (Å²) in [7, 11) is -3.83. The summed E-state index contributed by atoms with van der Waals surface area (Å²) in [4.78, 5) is 26.7. The van der Waals surface area contributed by atoms with Crippen molar-refractivity contribution in [2.75, 3.05) is 10.6 Å². The second kappa shape index (κ2) is 11.6. The molecular formula is C27H22ClN3O4S2. The molecule has 188 valence electrons. The number of amides is 2. The molecule has 4 N–H and O–H groups in total. The first-order valence-corrected chi connectivity index (χ1v) is 13.8. The number of carbonyl (C=O) groups excluding carboxylic acids is 2. The van der Waals surface area contributed by atoms with Crippen LogP contribution in [0.2, 0.25) is 5.02 Å². The summed E-state index contributed by atoms with van der Waals surface area (Å²) in [5.41, 5.74) is 2.21. The number of hydrogen-bond acceptors (Lipinski definition) is 5. The first kappa shape index (κ1) is 26.4. The monoisotopic (exact) mass is 551 g/mol. The topological polar surface area (TPSA) is 118 Å². The Labute approximate surface area is 224 Å². The summed E-state index contributed by atoms with van der Waals surface area (Å²) >= 11 is 7.31. The van der Waals surface area contributed by atoms with E-state index in [1.54, 1.807) is 42.5 Å². The van der Waals surface area contributed by atoms with Crippen LogP contribution in [0, 0.1) is 0 Å². The molecule has 0 fully saturated rings. The van der Waals surface area contributed by atoms with Crippen molar-refractivity contribution in [3.05, 3.63) is 119 Å². The van der Waals surface area contributed by atoms with E-state index in [2.05, 4.69) is 10.6 Å². The fourth-order valence-electron chi connectivity index (χ4n) is 3.45. The number of nitrogens with two attached hydrogens (primary N) is 1. The number of rotatable bonds is 8. The van der Waals surface area contributed by atoms with Gasteiger partial charge in [0.2, 0.25) is 15.9 Å². The van der Waals surface area contributed by atoms with Crippen LogP contribution < -0.4 is 15.8 Å². The minimum Gasteiger partial charge on any atom is -0.325 e. The zero-order chi connectivity index (χ0) is 26.4.